The van der Waals surface area contributed by atoms with Gasteiger partial charge < -0.3 is 5.11 Å². The van der Waals surface area contributed by atoms with E-state index >= 15 is 0 Å². The highest BCUT2D eigenvalue weighted by Gasteiger charge is 2.20. The van der Waals surface area contributed by atoms with E-state index in [0.29, 0.717) is 15.8 Å². The summed E-state index contributed by atoms with van der Waals surface area (Å²) in [6.07, 6.45) is 0.872. The molecule has 1 aromatic heterocycles. The average molecular weight is 368 g/mol. The summed E-state index contributed by atoms with van der Waals surface area (Å²) < 4.78 is 1.99. The predicted molar refractivity (Wildman–Crippen MR) is 99.0 cm³/mol. The van der Waals surface area contributed by atoms with E-state index in [4.69, 9.17) is 11.6 Å². The molecule has 0 aliphatic heterocycles. The SMILES string of the molecule is CCCSC(=Nc1ccc(Cl)cc1)c1c(O)n(C)c(=O)n(C)c1=O. The van der Waals surface area contributed by atoms with Gasteiger partial charge in [-0.1, -0.05) is 18.5 Å². The van der Waals surface area contributed by atoms with E-state index in [9.17, 15) is 14.7 Å². The van der Waals surface area contributed by atoms with Gasteiger partial charge in [-0.3, -0.25) is 13.9 Å². The Morgan fingerprint density at radius 2 is 1.83 bits per heavy atom. The van der Waals surface area contributed by atoms with Crippen LogP contribution in [-0.2, 0) is 14.1 Å². The third kappa shape index (κ3) is 3.73. The van der Waals surface area contributed by atoms with Crippen LogP contribution in [0.2, 0.25) is 5.02 Å². The molecule has 128 valence electrons. The number of aliphatic imine (C=N–C) groups is 1. The minimum Gasteiger partial charge on any atom is -0.494 e. The van der Waals surface area contributed by atoms with Crippen LogP contribution in [0.5, 0.6) is 5.88 Å². The van der Waals surface area contributed by atoms with Crippen LogP contribution in [0.15, 0.2) is 38.8 Å². The maximum Gasteiger partial charge on any atom is 0.333 e. The summed E-state index contributed by atoms with van der Waals surface area (Å²) in [5.74, 6) is 0.331. The molecule has 0 radical (unpaired) electrons. The van der Waals surface area contributed by atoms with Crippen molar-refractivity contribution in [2.24, 2.45) is 19.1 Å². The van der Waals surface area contributed by atoms with Crippen molar-refractivity contribution in [1.82, 2.24) is 9.13 Å². The highest BCUT2D eigenvalue weighted by Crippen LogP contribution is 2.24. The topological polar surface area (TPSA) is 76.6 Å². The number of aromatic nitrogens is 2. The largest absolute Gasteiger partial charge is 0.494 e. The second-order valence-corrected chi connectivity index (χ2v) is 6.67. The van der Waals surface area contributed by atoms with Crippen LogP contribution < -0.4 is 11.2 Å². The van der Waals surface area contributed by atoms with Gasteiger partial charge in [0.05, 0.1) is 5.69 Å². The first-order chi connectivity index (χ1) is 11.4. The van der Waals surface area contributed by atoms with Gasteiger partial charge in [0.2, 0.25) is 5.88 Å². The smallest absolute Gasteiger partial charge is 0.333 e. The third-order valence-corrected chi connectivity index (χ3v) is 4.78. The van der Waals surface area contributed by atoms with Crippen molar-refractivity contribution in [2.75, 3.05) is 5.75 Å². The Labute approximate surface area is 148 Å². The first kappa shape index (κ1) is 18.4. The monoisotopic (exact) mass is 367 g/mol. The molecule has 2 rings (SSSR count). The molecule has 0 fully saturated rings. The molecule has 0 aliphatic carbocycles. The molecule has 0 spiro atoms. The Morgan fingerprint density at radius 1 is 1.21 bits per heavy atom. The lowest BCUT2D eigenvalue weighted by atomic mass is 10.3. The first-order valence-electron chi connectivity index (χ1n) is 7.33. The van der Waals surface area contributed by atoms with E-state index in [1.165, 1.54) is 25.9 Å². The van der Waals surface area contributed by atoms with Crippen molar-refractivity contribution >= 4 is 34.1 Å². The zero-order valence-electron chi connectivity index (χ0n) is 13.6. The minimum absolute atomic E-state index is 0.0213. The van der Waals surface area contributed by atoms with E-state index in [0.717, 1.165) is 21.3 Å². The summed E-state index contributed by atoms with van der Waals surface area (Å²) in [5, 5.41) is 11.3. The normalized spacial score (nSPS) is 11.8. The minimum atomic E-state index is -0.590. The summed E-state index contributed by atoms with van der Waals surface area (Å²) in [6, 6.07) is 6.83. The Balaban J connectivity index is 2.67. The van der Waals surface area contributed by atoms with Crippen LogP contribution in [0, 0.1) is 0 Å². The van der Waals surface area contributed by atoms with Gasteiger partial charge in [-0.25, -0.2) is 9.79 Å². The standard InChI is InChI=1S/C16H18ClN3O3S/c1-4-9-24-13(18-11-7-5-10(17)6-8-11)12-14(21)19(2)16(23)20(3)15(12)22/h5-8,21H,4,9H2,1-3H3. The number of benzene rings is 1. The predicted octanol–water partition coefficient (Wildman–Crippen LogP) is 2.66. The molecule has 0 atom stereocenters. The van der Waals surface area contributed by atoms with Crippen molar-refractivity contribution in [3.63, 3.8) is 0 Å². The van der Waals surface area contributed by atoms with Gasteiger partial charge in [0, 0.05) is 19.1 Å². The van der Waals surface area contributed by atoms with E-state index in [2.05, 4.69) is 4.99 Å². The molecular weight excluding hydrogens is 350 g/mol. The molecule has 24 heavy (non-hydrogen) atoms. The van der Waals surface area contributed by atoms with Gasteiger partial charge in [0.15, 0.2) is 0 Å². The van der Waals surface area contributed by atoms with Crippen LogP contribution in [0.3, 0.4) is 0 Å². The second-order valence-electron chi connectivity index (χ2n) is 5.15. The molecule has 0 bridgehead atoms. The molecule has 1 N–H and O–H groups in total. The lowest BCUT2D eigenvalue weighted by Gasteiger charge is -2.12. The fourth-order valence-corrected chi connectivity index (χ4v) is 3.03. The maximum absolute atomic E-state index is 12.5. The zero-order valence-corrected chi connectivity index (χ0v) is 15.2. The zero-order chi connectivity index (χ0) is 17.9. The number of rotatable bonds is 4. The van der Waals surface area contributed by atoms with Crippen LogP contribution in [-0.4, -0.2) is 25.0 Å². The Bertz CT molecular complexity index is 885. The van der Waals surface area contributed by atoms with Gasteiger partial charge in [-0.15, -0.1) is 11.8 Å². The Kier molecular flexibility index (Phi) is 5.90. The van der Waals surface area contributed by atoms with Crippen LogP contribution >= 0.6 is 23.4 Å². The molecule has 0 saturated heterocycles. The van der Waals surface area contributed by atoms with Gasteiger partial charge in [0.1, 0.15) is 10.6 Å². The van der Waals surface area contributed by atoms with Gasteiger partial charge >= 0.3 is 5.69 Å². The maximum atomic E-state index is 12.5. The van der Waals surface area contributed by atoms with Gasteiger partial charge in [-0.05, 0) is 36.4 Å². The molecule has 0 saturated carbocycles. The van der Waals surface area contributed by atoms with Crippen LogP contribution in [0.25, 0.3) is 0 Å². The molecule has 0 unspecified atom stereocenters. The molecule has 2 aromatic rings. The van der Waals surface area contributed by atoms with Crippen molar-refractivity contribution in [1.29, 1.82) is 0 Å². The molecule has 0 aliphatic rings. The number of hydrogen-bond acceptors (Lipinski definition) is 5. The fraction of sp³-hybridized carbons (Fsp3) is 0.312. The number of nitrogens with zero attached hydrogens (tertiary/aromatic N) is 3. The quantitative estimate of drug-likeness (QED) is 0.665. The third-order valence-electron chi connectivity index (χ3n) is 3.35. The van der Waals surface area contributed by atoms with Crippen molar-refractivity contribution < 1.29 is 5.11 Å². The molecular formula is C16H18ClN3O3S. The molecule has 1 heterocycles. The van der Waals surface area contributed by atoms with Crippen LogP contribution in [0.4, 0.5) is 5.69 Å². The summed E-state index contributed by atoms with van der Waals surface area (Å²) in [4.78, 5) is 28.9. The van der Waals surface area contributed by atoms with E-state index in [-0.39, 0.29) is 11.4 Å². The van der Waals surface area contributed by atoms with Crippen molar-refractivity contribution in [3.8, 4) is 5.88 Å². The van der Waals surface area contributed by atoms with Crippen molar-refractivity contribution in [3.05, 3.63) is 55.7 Å². The molecule has 0 amide bonds. The highest BCUT2D eigenvalue weighted by atomic mass is 35.5. The van der Waals surface area contributed by atoms with E-state index in [1.54, 1.807) is 24.3 Å². The fourth-order valence-electron chi connectivity index (χ4n) is 2.01. The molecule has 1 aromatic carbocycles. The average Bonchev–Trinajstić information content (AvgIpc) is 2.58. The first-order valence-corrected chi connectivity index (χ1v) is 8.69. The van der Waals surface area contributed by atoms with E-state index in [1.807, 2.05) is 6.92 Å². The summed E-state index contributed by atoms with van der Waals surface area (Å²) >= 11 is 7.23. The van der Waals surface area contributed by atoms with Crippen molar-refractivity contribution in [2.45, 2.75) is 13.3 Å². The Morgan fingerprint density at radius 3 is 2.42 bits per heavy atom. The number of aromatic hydroxyl groups is 1. The molecule has 6 nitrogen and oxygen atoms in total. The summed E-state index contributed by atoms with van der Waals surface area (Å²) in [5.41, 5.74) is -0.541. The Hall–Kier alpha value is -1.99. The summed E-state index contributed by atoms with van der Waals surface area (Å²) in [6.45, 7) is 2.01. The van der Waals surface area contributed by atoms with Gasteiger partial charge in [0.25, 0.3) is 5.56 Å². The van der Waals surface area contributed by atoms with Crippen LogP contribution in [0.1, 0.15) is 18.9 Å². The molecule has 8 heteroatoms. The lowest BCUT2D eigenvalue weighted by molar-refractivity contribution is 0.410. The lowest BCUT2D eigenvalue weighted by Crippen LogP contribution is -2.39. The summed E-state index contributed by atoms with van der Waals surface area (Å²) in [7, 11) is 2.78. The van der Waals surface area contributed by atoms with Gasteiger partial charge in [-0.2, -0.15) is 0 Å². The highest BCUT2D eigenvalue weighted by molar-refractivity contribution is 8.14. The van der Waals surface area contributed by atoms with E-state index < -0.39 is 11.2 Å². The number of hydrogen-bond donors (Lipinski definition) is 1. The number of halogens is 1. The number of thioether (sulfide) groups is 1. The second kappa shape index (κ2) is 7.72.